The number of ether oxygens (including phenoxy) is 2. The highest BCUT2D eigenvalue weighted by atomic mass is 79.9. The van der Waals surface area contributed by atoms with E-state index in [1.807, 2.05) is 38.2 Å². The second-order valence-electron chi connectivity index (χ2n) is 5.53. The van der Waals surface area contributed by atoms with Gasteiger partial charge in [-0.1, -0.05) is 15.9 Å². The molecule has 22 heavy (non-hydrogen) atoms. The molecular formula is C16H23BrN2O3. The van der Waals surface area contributed by atoms with Crippen LogP contribution in [-0.2, 0) is 9.53 Å². The smallest absolute Gasteiger partial charge is 0.236 e. The third-order valence-electron chi connectivity index (χ3n) is 3.62. The molecule has 0 aromatic heterocycles. The van der Waals surface area contributed by atoms with Crippen LogP contribution in [0.2, 0.25) is 0 Å². The SMILES string of the molecule is CC1CN(CC(=O)N(C)CCOc2ccc(Br)cc2)CCO1. The standard InChI is InChI=1S/C16H23BrN2O3/c1-13-11-19(8-10-21-13)12-16(20)18(2)7-9-22-15-5-3-14(17)4-6-15/h3-6,13H,7-12H2,1-2H3. The molecule has 0 aliphatic carbocycles. The quantitative estimate of drug-likeness (QED) is 0.767. The predicted molar refractivity (Wildman–Crippen MR) is 89.1 cm³/mol. The number of hydrogen-bond acceptors (Lipinski definition) is 4. The summed E-state index contributed by atoms with van der Waals surface area (Å²) in [5.41, 5.74) is 0. The van der Waals surface area contributed by atoms with Gasteiger partial charge < -0.3 is 14.4 Å². The Morgan fingerprint density at radius 3 is 2.86 bits per heavy atom. The number of hydrogen-bond donors (Lipinski definition) is 0. The Hall–Kier alpha value is -1.11. The minimum atomic E-state index is 0.119. The molecule has 1 aromatic carbocycles. The average molecular weight is 371 g/mol. The van der Waals surface area contributed by atoms with Crippen molar-refractivity contribution in [3.8, 4) is 5.75 Å². The van der Waals surface area contributed by atoms with E-state index in [1.165, 1.54) is 0 Å². The molecule has 0 spiro atoms. The number of rotatable bonds is 6. The lowest BCUT2D eigenvalue weighted by atomic mass is 10.3. The maximum atomic E-state index is 12.2. The highest BCUT2D eigenvalue weighted by Gasteiger charge is 2.20. The monoisotopic (exact) mass is 370 g/mol. The predicted octanol–water partition coefficient (Wildman–Crippen LogP) is 2.01. The molecule has 122 valence electrons. The van der Waals surface area contributed by atoms with Gasteiger partial charge >= 0.3 is 0 Å². The molecule has 2 rings (SSSR count). The van der Waals surface area contributed by atoms with Gasteiger partial charge in [0.15, 0.2) is 0 Å². The minimum absolute atomic E-state index is 0.119. The van der Waals surface area contributed by atoms with Crippen LogP contribution in [-0.4, -0.2) is 68.3 Å². The maximum Gasteiger partial charge on any atom is 0.236 e. The normalized spacial score (nSPS) is 19.0. The van der Waals surface area contributed by atoms with Gasteiger partial charge in [-0.3, -0.25) is 9.69 Å². The first-order chi connectivity index (χ1) is 10.5. The van der Waals surface area contributed by atoms with E-state index in [4.69, 9.17) is 9.47 Å². The van der Waals surface area contributed by atoms with Gasteiger partial charge in [0.1, 0.15) is 12.4 Å². The second kappa shape index (κ2) is 8.50. The zero-order valence-corrected chi connectivity index (χ0v) is 14.7. The van der Waals surface area contributed by atoms with E-state index in [0.717, 1.165) is 23.3 Å². The van der Waals surface area contributed by atoms with Crippen molar-refractivity contribution < 1.29 is 14.3 Å². The third kappa shape index (κ3) is 5.59. The summed E-state index contributed by atoms with van der Waals surface area (Å²) in [6.45, 7) is 5.88. The number of morpholine rings is 1. The van der Waals surface area contributed by atoms with Crippen LogP contribution in [0.4, 0.5) is 0 Å². The third-order valence-corrected chi connectivity index (χ3v) is 4.15. The summed E-state index contributed by atoms with van der Waals surface area (Å²) in [6.07, 6.45) is 0.201. The first-order valence-electron chi connectivity index (χ1n) is 7.51. The summed E-state index contributed by atoms with van der Waals surface area (Å²) >= 11 is 3.39. The molecule has 1 aromatic rings. The van der Waals surface area contributed by atoms with Crippen molar-refractivity contribution in [3.63, 3.8) is 0 Å². The highest BCUT2D eigenvalue weighted by molar-refractivity contribution is 9.10. The van der Waals surface area contributed by atoms with Gasteiger partial charge in [0.25, 0.3) is 0 Å². The van der Waals surface area contributed by atoms with Crippen LogP contribution in [0.25, 0.3) is 0 Å². The van der Waals surface area contributed by atoms with Gasteiger partial charge in [0.2, 0.25) is 5.91 Å². The second-order valence-corrected chi connectivity index (χ2v) is 6.45. The fourth-order valence-corrected chi connectivity index (χ4v) is 2.57. The molecule has 1 aliphatic rings. The van der Waals surface area contributed by atoms with Crippen LogP contribution in [0.5, 0.6) is 5.75 Å². The zero-order valence-electron chi connectivity index (χ0n) is 13.1. The molecule has 6 heteroatoms. The molecule has 0 saturated carbocycles. The summed E-state index contributed by atoms with van der Waals surface area (Å²) < 4.78 is 12.1. The number of likely N-dealkylation sites (N-methyl/N-ethyl adjacent to an activating group) is 1. The molecule has 1 unspecified atom stereocenters. The molecule has 1 saturated heterocycles. The van der Waals surface area contributed by atoms with Crippen molar-refractivity contribution in [2.75, 3.05) is 46.4 Å². The van der Waals surface area contributed by atoms with Crippen molar-refractivity contribution in [2.24, 2.45) is 0 Å². The molecule has 1 aliphatic heterocycles. The lowest BCUT2D eigenvalue weighted by molar-refractivity contribution is -0.133. The topological polar surface area (TPSA) is 42.0 Å². The molecular weight excluding hydrogens is 348 g/mol. The summed E-state index contributed by atoms with van der Waals surface area (Å²) in [4.78, 5) is 16.0. The van der Waals surface area contributed by atoms with Crippen molar-refractivity contribution in [3.05, 3.63) is 28.7 Å². The van der Waals surface area contributed by atoms with Crippen LogP contribution in [0.3, 0.4) is 0 Å². The van der Waals surface area contributed by atoms with Gasteiger partial charge in [0, 0.05) is 24.6 Å². The average Bonchev–Trinajstić information content (AvgIpc) is 2.49. The molecule has 0 bridgehead atoms. The lowest BCUT2D eigenvalue weighted by Crippen LogP contribution is -2.46. The van der Waals surface area contributed by atoms with E-state index in [9.17, 15) is 4.79 Å². The number of carbonyl (C=O) groups is 1. The Balaban J connectivity index is 1.68. The Labute approximate surface area is 140 Å². The number of nitrogens with zero attached hydrogens (tertiary/aromatic N) is 2. The lowest BCUT2D eigenvalue weighted by Gasteiger charge is -2.31. The van der Waals surface area contributed by atoms with Crippen LogP contribution in [0, 0.1) is 0 Å². The van der Waals surface area contributed by atoms with Crippen LogP contribution < -0.4 is 4.74 Å². The number of halogens is 1. The molecule has 1 amide bonds. The highest BCUT2D eigenvalue weighted by Crippen LogP contribution is 2.15. The minimum Gasteiger partial charge on any atom is -0.492 e. The molecule has 0 N–H and O–H groups in total. The van der Waals surface area contributed by atoms with Gasteiger partial charge in [-0.2, -0.15) is 0 Å². The summed E-state index contributed by atoms with van der Waals surface area (Å²) in [7, 11) is 1.82. The van der Waals surface area contributed by atoms with Crippen LogP contribution in [0.15, 0.2) is 28.7 Å². The first-order valence-corrected chi connectivity index (χ1v) is 8.30. The van der Waals surface area contributed by atoms with Crippen molar-refractivity contribution in [2.45, 2.75) is 13.0 Å². The number of amides is 1. The molecule has 0 radical (unpaired) electrons. The molecule has 1 fully saturated rings. The van der Waals surface area contributed by atoms with Gasteiger partial charge in [-0.25, -0.2) is 0 Å². The Morgan fingerprint density at radius 1 is 1.45 bits per heavy atom. The Morgan fingerprint density at radius 2 is 2.18 bits per heavy atom. The molecule has 5 nitrogen and oxygen atoms in total. The van der Waals surface area contributed by atoms with E-state index in [-0.39, 0.29) is 12.0 Å². The first kappa shape index (κ1) is 17.2. The van der Waals surface area contributed by atoms with Crippen molar-refractivity contribution in [1.82, 2.24) is 9.80 Å². The maximum absolute atomic E-state index is 12.2. The van der Waals surface area contributed by atoms with Crippen molar-refractivity contribution >= 4 is 21.8 Å². The van der Waals surface area contributed by atoms with E-state index < -0.39 is 0 Å². The summed E-state index contributed by atoms with van der Waals surface area (Å²) in [5, 5.41) is 0. The van der Waals surface area contributed by atoms with Gasteiger partial charge in [0.05, 0.1) is 25.8 Å². The van der Waals surface area contributed by atoms with Crippen molar-refractivity contribution in [1.29, 1.82) is 0 Å². The van der Waals surface area contributed by atoms with E-state index >= 15 is 0 Å². The molecule has 1 heterocycles. The van der Waals surface area contributed by atoms with E-state index in [2.05, 4.69) is 20.8 Å². The van der Waals surface area contributed by atoms with Gasteiger partial charge in [-0.15, -0.1) is 0 Å². The fourth-order valence-electron chi connectivity index (χ4n) is 2.30. The number of benzene rings is 1. The van der Waals surface area contributed by atoms with E-state index in [1.54, 1.807) is 4.90 Å². The summed E-state index contributed by atoms with van der Waals surface area (Å²) in [5.74, 6) is 0.930. The molecule has 1 atom stereocenters. The zero-order chi connectivity index (χ0) is 15.9. The Bertz CT molecular complexity index is 481. The van der Waals surface area contributed by atoms with E-state index in [0.29, 0.717) is 26.3 Å². The Kier molecular flexibility index (Phi) is 6.67. The summed E-state index contributed by atoms with van der Waals surface area (Å²) in [6, 6.07) is 7.68. The van der Waals surface area contributed by atoms with Crippen LogP contribution in [0.1, 0.15) is 6.92 Å². The number of carbonyl (C=O) groups excluding carboxylic acids is 1. The van der Waals surface area contributed by atoms with Crippen LogP contribution >= 0.6 is 15.9 Å². The van der Waals surface area contributed by atoms with Gasteiger partial charge in [-0.05, 0) is 31.2 Å². The fraction of sp³-hybridized carbons (Fsp3) is 0.562. The largest absolute Gasteiger partial charge is 0.492 e.